The highest BCUT2D eigenvalue weighted by atomic mass is 32.2. The Morgan fingerprint density at radius 2 is 1.71 bits per heavy atom. The highest BCUT2D eigenvalue weighted by molar-refractivity contribution is 8.00. The number of carbonyl (C=O) groups excluding carboxylic acids is 1. The lowest BCUT2D eigenvalue weighted by molar-refractivity contribution is -0.115. The first-order valence-electron chi connectivity index (χ1n) is 8.67. The molecule has 0 aliphatic rings. The third-order valence-corrected chi connectivity index (χ3v) is 5.28. The van der Waals surface area contributed by atoms with Crippen LogP contribution in [0, 0.1) is 20.8 Å². The number of nitrogens with one attached hydrogen (secondary N) is 1. The smallest absolute Gasteiger partial charge is 0.294 e. The van der Waals surface area contributed by atoms with Crippen LogP contribution in [0.3, 0.4) is 0 Å². The third kappa shape index (κ3) is 4.40. The first-order valence-corrected chi connectivity index (χ1v) is 9.55. The van der Waals surface area contributed by atoms with Crippen molar-refractivity contribution in [3.8, 4) is 0 Å². The van der Waals surface area contributed by atoms with Crippen molar-refractivity contribution >= 4 is 23.4 Å². The lowest BCUT2D eigenvalue weighted by atomic mass is 10.1. The number of hydrogen-bond acceptors (Lipinski definition) is 6. The fraction of sp³-hybridized carbons (Fsp3) is 0.200. The Morgan fingerprint density at radius 1 is 1.07 bits per heavy atom. The van der Waals surface area contributed by atoms with Crippen molar-refractivity contribution < 1.29 is 4.79 Å². The number of anilines is 1. The van der Waals surface area contributed by atoms with Crippen molar-refractivity contribution in [1.29, 1.82) is 0 Å². The average molecular weight is 395 g/mol. The summed E-state index contributed by atoms with van der Waals surface area (Å²) in [5.74, 6) is 5.61. The van der Waals surface area contributed by atoms with Crippen molar-refractivity contribution in [3.05, 3.63) is 81.3 Å². The number of carbonyl (C=O) groups is 1. The summed E-state index contributed by atoms with van der Waals surface area (Å²) in [6, 6.07) is 15.1. The van der Waals surface area contributed by atoms with E-state index in [0.717, 1.165) is 33.1 Å². The van der Waals surface area contributed by atoms with E-state index in [2.05, 4.69) is 15.5 Å². The summed E-state index contributed by atoms with van der Waals surface area (Å²) in [5.41, 5.74) is 3.34. The molecule has 2 aromatic carbocycles. The molecule has 1 aromatic heterocycles. The normalized spacial score (nSPS) is 11.8. The molecule has 0 radical (unpaired) electrons. The molecule has 1 amide bonds. The number of aryl methyl sites for hydroxylation is 3. The average Bonchev–Trinajstić information content (AvgIpc) is 2.65. The predicted octanol–water partition coefficient (Wildman–Crippen LogP) is 2.75. The van der Waals surface area contributed by atoms with E-state index in [1.54, 1.807) is 0 Å². The summed E-state index contributed by atoms with van der Waals surface area (Å²) in [6.45, 7) is 5.48. The number of thioether (sulfide) groups is 1. The minimum atomic E-state index is -0.659. The van der Waals surface area contributed by atoms with Gasteiger partial charge in [-0.1, -0.05) is 48.2 Å². The fourth-order valence-corrected chi connectivity index (χ4v) is 3.77. The van der Waals surface area contributed by atoms with Crippen LogP contribution in [0.2, 0.25) is 0 Å². The molecule has 0 aliphatic carbocycles. The van der Waals surface area contributed by atoms with E-state index in [4.69, 9.17) is 5.84 Å². The van der Waals surface area contributed by atoms with E-state index < -0.39 is 10.8 Å². The van der Waals surface area contributed by atoms with E-state index in [0.29, 0.717) is 5.69 Å². The molecule has 0 spiro atoms. The Bertz CT molecular complexity index is 1050. The van der Waals surface area contributed by atoms with Crippen LogP contribution in [-0.2, 0) is 4.79 Å². The molecule has 0 saturated heterocycles. The molecular formula is C20H21N5O2S. The number of nitrogens with zero attached hydrogens (tertiary/aromatic N) is 3. The lowest BCUT2D eigenvalue weighted by Crippen LogP contribution is -2.33. The highest BCUT2D eigenvalue weighted by Gasteiger charge is 2.25. The second kappa shape index (κ2) is 8.26. The summed E-state index contributed by atoms with van der Waals surface area (Å²) in [4.78, 5) is 25.2. The van der Waals surface area contributed by atoms with Crippen LogP contribution >= 0.6 is 11.8 Å². The number of benzene rings is 2. The number of amides is 1. The molecule has 0 bridgehead atoms. The SMILES string of the molecule is Cc1cc(C)cc(NC(=O)[C@H](Sc2nnc(C)c(=O)n2N)c2ccccc2)c1. The standard InChI is InChI=1S/C20H21N5O2S/c1-12-9-13(2)11-16(10-12)22-18(26)17(15-7-5-4-6-8-15)28-20-24-23-14(3)19(27)25(20)21/h4-11,17H,21H2,1-3H3,(H,22,26)/t17-/m1/s1. The Kier molecular flexibility index (Phi) is 5.79. The fourth-order valence-electron chi connectivity index (χ4n) is 2.81. The molecule has 0 unspecified atom stereocenters. The molecular weight excluding hydrogens is 374 g/mol. The minimum absolute atomic E-state index is 0.167. The third-order valence-electron chi connectivity index (χ3n) is 4.07. The summed E-state index contributed by atoms with van der Waals surface area (Å²) >= 11 is 1.08. The van der Waals surface area contributed by atoms with Gasteiger partial charge in [0.15, 0.2) is 0 Å². The molecule has 3 N–H and O–H groups in total. The quantitative estimate of drug-likeness (QED) is 0.509. The molecule has 3 aromatic rings. The molecule has 8 heteroatoms. The van der Waals surface area contributed by atoms with Crippen LogP contribution in [-0.4, -0.2) is 20.8 Å². The van der Waals surface area contributed by atoms with Crippen LogP contribution in [0.25, 0.3) is 0 Å². The van der Waals surface area contributed by atoms with Crippen LogP contribution in [0.4, 0.5) is 5.69 Å². The van der Waals surface area contributed by atoms with Gasteiger partial charge in [0.25, 0.3) is 5.56 Å². The number of rotatable bonds is 5. The van der Waals surface area contributed by atoms with E-state index in [1.807, 2.05) is 62.4 Å². The molecule has 0 saturated carbocycles. The molecule has 0 aliphatic heterocycles. The van der Waals surface area contributed by atoms with Crippen LogP contribution in [0.1, 0.15) is 27.6 Å². The topological polar surface area (TPSA) is 103 Å². The van der Waals surface area contributed by atoms with Crippen molar-refractivity contribution in [2.75, 3.05) is 11.2 Å². The monoisotopic (exact) mass is 395 g/mol. The molecule has 1 atom stereocenters. The summed E-state index contributed by atoms with van der Waals surface area (Å²) in [6.07, 6.45) is 0. The zero-order valence-corrected chi connectivity index (χ0v) is 16.7. The van der Waals surface area contributed by atoms with Gasteiger partial charge in [-0.05, 0) is 49.6 Å². The lowest BCUT2D eigenvalue weighted by Gasteiger charge is -2.18. The maximum Gasteiger partial charge on any atom is 0.294 e. The molecule has 3 rings (SSSR count). The van der Waals surface area contributed by atoms with Gasteiger partial charge in [0.1, 0.15) is 10.9 Å². The van der Waals surface area contributed by atoms with Gasteiger partial charge in [0.2, 0.25) is 11.1 Å². The van der Waals surface area contributed by atoms with Gasteiger partial charge >= 0.3 is 0 Å². The second-order valence-electron chi connectivity index (χ2n) is 6.52. The Labute approximate surface area is 167 Å². The predicted molar refractivity (Wildman–Crippen MR) is 111 cm³/mol. The first kappa shape index (κ1) is 19.6. The van der Waals surface area contributed by atoms with Gasteiger partial charge in [0.05, 0.1) is 0 Å². The minimum Gasteiger partial charge on any atom is -0.334 e. The number of hydrogen-bond donors (Lipinski definition) is 2. The largest absolute Gasteiger partial charge is 0.334 e. The molecule has 7 nitrogen and oxygen atoms in total. The maximum atomic E-state index is 13.1. The summed E-state index contributed by atoms with van der Waals surface area (Å²) < 4.78 is 0.924. The van der Waals surface area contributed by atoms with Crippen LogP contribution in [0.15, 0.2) is 58.5 Å². The van der Waals surface area contributed by atoms with Crippen molar-refractivity contribution in [2.45, 2.75) is 31.2 Å². The summed E-state index contributed by atoms with van der Waals surface area (Å²) in [7, 11) is 0. The van der Waals surface area contributed by atoms with Gasteiger partial charge in [-0.3, -0.25) is 9.59 Å². The number of aromatic nitrogens is 3. The van der Waals surface area contributed by atoms with Gasteiger partial charge in [0, 0.05) is 5.69 Å². The maximum absolute atomic E-state index is 13.1. The Hall–Kier alpha value is -3.13. The van der Waals surface area contributed by atoms with Crippen LogP contribution < -0.4 is 16.7 Å². The van der Waals surface area contributed by atoms with Crippen molar-refractivity contribution in [3.63, 3.8) is 0 Å². The second-order valence-corrected chi connectivity index (χ2v) is 7.59. The van der Waals surface area contributed by atoms with E-state index in [-0.39, 0.29) is 16.8 Å². The van der Waals surface area contributed by atoms with Gasteiger partial charge in [-0.25, -0.2) is 0 Å². The zero-order chi connectivity index (χ0) is 20.3. The number of nitrogen functional groups attached to an aromatic ring is 1. The summed E-state index contributed by atoms with van der Waals surface area (Å²) in [5, 5.41) is 10.3. The van der Waals surface area contributed by atoms with Gasteiger partial charge in [-0.2, -0.15) is 4.68 Å². The van der Waals surface area contributed by atoms with Gasteiger partial charge in [-0.15, -0.1) is 10.2 Å². The molecule has 144 valence electrons. The highest BCUT2D eigenvalue weighted by Crippen LogP contribution is 2.34. The van der Waals surface area contributed by atoms with Crippen molar-refractivity contribution in [1.82, 2.24) is 14.9 Å². The zero-order valence-electron chi connectivity index (χ0n) is 15.8. The van der Waals surface area contributed by atoms with Crippen LogP contribution in [0.5, 0.6) is 0 Å². The molecule has 1 heterocycles. The Morgan fingerprint density at radius 3 is 2.36 bits per heavy atom. The Balaban J connectivity index is 1.95. The van der Waals surface area contributed by atoms with E-state index in [1.165, 1.54) is 6.92 Å². The molecule has 28 heavy (non-hydrogen) atoms. The van der Waals surface area contributed by atoms with Crippen molar-refractivity contribution in [2.24, 2.45) is 0 Å². The van der Waals surface area contributed by atoms with E-state index in [9.17, 15) is 9.59 Å². The van der Waals surface area contributed by atoms with Gasteiger partial charge < -0.3 is 11.2 Å². The number of nitrogens with two attached hydrogens (primary N) is 1. The van der Waals surface area contributed by atoms with E-state index >= 15 is 0 Å². The first-order chi connectivity index (χ1) is 13.3. The molecule has 0 fully saturated rings.